The average molecular weight is 391 g/mol. The third kappa shape index (κ3) is 6.51. The van der Waals surface area contributed by atoms with E-state index in [0.29, 0.717) is 22.5 Å². The minimum Gasteiger partial charge on any atom is -0.375 e. The monoisotopic (exact) mass is 390 g/mol. The van der Waals surface area contributed by atoms with Gasteiger partial charge in [-0.25, -0.2) is 14.4 Å². The summed E-state index contributed by atoms with van der Waals surface area (Å²) in [6, 6.07) is 7.89. The largest absolute Gasteiger partial charge is 0.375 e. The Bertz CT molecular complexity index is 766. The van der Waals surface area contributed by atoms with Crippen molar-refractivity contribution < 1.29 is 4.39 Å². The summed E-state index contributed by atoms with van der Waals surface area (Å²) in [6.45, 7) is 12.1. The fourth-order valence-electron chi connectivity index (χ4n) is 2.93. The number of likely N-dealkylation sites (tertiary alicyclic amines) is 1. The Morgan fingerprint density at radius 2 is 2.07 bits per heavy atom. The summed E-state index contributed by atoms with van der Waals surface area (Å²) in [4.78, 5) is 11.2. The number of aromatic nitrogens is 2. The molecule has 0 bridgehead atoms. The van der Waals surface area contributed by atoms with Crippen LogP contribution in [0.2, 0.25) is 5.15 Å². The lowest BCUT2D eigenvalue weighted by Crippen LogP contribution is -2.33. The highest BCUT2D eigenvalue weighted by Gasteiger charge is 2.24. The average Bonchev–Trinajstić information content (AvgIpc) is 2.62. The van der Waals surface area contributed by atoms with Crippen LogP contribution < -0.4 is 5.32 Å². The van der Waals surface area contributed by atoms with Crippen molar-refractivity contribution in [1.82, 2.24) is 14.9 Å². The van der Waals surface area contributed by atoms with Crippen molar-refractivity contribution in [3.63, 3.8) is 0 Å². The van der Waals surface area contributed by atoms with Crippen LogP contribution in [0.1, 0.15) is 51.8 Å². The van der Waals surface area contributed by atoms with Gasteiger partial charge in [0.1, 0.15) is 22.6 Å². The Morgan fingerprint density at radius 3 is 2.74 bits per heavy atom. The second kappa shape index (κ2) is 10.3. The second-order valence-electron chi connectivity index (χ2n) is 6.80. The first-order chi connectivity index (χ1) is 12.9. The molecule has 0 amide bonds. The molecule has 27 heavy (non-hydrogen) atoms. The molecule has 1 N–H and O–H groups in total. The van der Waals surface area contributed by atoms with Gasteiger partial charge >= 0.3 is 0 Å². The number of hydrogen-bond acceptors (Lipinski definition) is 4. The molecule has 1 aromatic carbocycles. The maximum Gasteiger partial charge on any atom is 0.137 e. The maximum atomic E-state index is 13.3. The van der Waals surface area contributed by atoms with Gasteiger partial charge in [-0.1, -0.05) is 44.5 Å². The van der Waals surface area contributed by atoms with Crippen LogP contribution in [0.4, 0.5) is 15.9 Å². The van der Waals surface area contributed by atoms with Gasteiger partial charge in [-0.05, 0) is 38.0 Å². The Hall–Kier alpha value is -2.14. The smallest absolute Gasteiger partial charge is 0.137 e. The van der Waals surface area contributed by atoms with Crippen molar-refractivity contribution in [3.8, 4) is 0 Å². The van der Waals surface area contributed by atoms with E-state index in [0.717, 1.165) is 31.6 Å². The molecule has 1 aliphatic rings. The lowest BCUT2D eigenvalue weighted by atomic mass is 9.97. The lowest BCUT2D eigenvalue weighted by Gasteiger charge is -2.33. The molecule has 0 aliphatic carbocycles. The van der Waals surface area contributed by atoms with Gasteiger partial charge in [-0.2, -0.15) is 0 Å². The van der Waals surface area contributed by atoms with Gasteiger partial charge in [-0.3, -0.25) is 0 Å². The number of anilines is 2. The molecule has 146 valence electrons. The molecular weight excluding hydrogens is 363 g/mol. The molecule has 0 radical (unpaired) electrons. The molecule has 1 atom stereocenters. The molecular formula is C21H28ClFN4. The van der Waals surface area contributed by atoms with Crippen LogP contribution in [0.5, 0.6) is 0 Å². The van der Waals surface area contributed by atoms with E-state index in [9.17, 15) is 4.39 Å². The van der Waals surface area contributed by atoms with Crippen LogP contribution in [0.25, 0.3) is 0 Å². The number of nitrogens with zero attached hydrogens (tertiary/aromatic N) is 3. The number of piperidine rings is 1. The second-order valence-corrected chi connectivity index (χ2v) is 7.18. The van der Waals surface area contributed by atoms with E-state index in [1.165, 1.54) is 18.6 Å². The van der Waals surface area contributed by atoms with Gasteiger partial charge < -0.3 is 10.2 Å². The SMILES string of the molecule is C=C(C)N1CCCC(c2nc(Cl)cc(Nc3cccc(F)c3)n2)C1.CCC. The Labute approximate surface area is 166 Å². The number of rotatable bonds is 4. The number of benzene rings is 1. The van der Waals surface area contributed by atoms with E-state index in [1.807, 2.05) is 6.92 Å². The number of nitrogens with one attached hydrogen (secondary N) is 1. The molecule has 1 fully saturated rings. The van der Waals surface area contributed by atoms with Crippen molar-refractivity contribution in [1.29, 1.82) is 0 Å². The fraction of sp³-hybridized carbons (Fsp3) is 0.429. The topological polar surface area (TPSA) is 41.1 Å². The summed E-state index contributed by atoms with van der Waals surface area (Å²) in [5.74, 6) is 1.20. The zero-order valence-electron chi connectivity index (χ0n) is 16.3. The molecule has 2 heterocycles. The van der Waals surface area contributed by atoms with Gasteiger partial charge in [-0.15, -0.1) is 0 Å². The van der Waals surface area contributed by atoms with Crippen LogP contribution in [0, 0.1) is 5.82 Å². The molecule has 4 nitrogen and oxygen atoms in total. The molecule has 1 unspecified atom stereocenters. The standard InChI is InChI=1S/C18H20ClFN4.C3H8/c1-12(2)24-8-4-5-13(11-24)18-22-16(19)10-17(23-18)21-15-7-3-6-14(20)9-15;1-3-2/h3,6-7,9-10,13H,1,4-5,8,11H2,2H3,(H,21,22,23);3H2,1-2H3. The molecule has 3 rings (SSSR count). The minimum atomic E-state index is -0.301. The minimum absolute atomic E-state index is 0.210. The fourth-order valence-corrected chi connectivity index (χ4v) is 3.12. The summed E-state index contributed by atoms with van der Waals surface area (Å²) in [6.07, 6.45) is 3.34. The summed E-state index contributed by atoms with van der Waals surface area (Å²) in [5.41, 5.74) is 1.68. The van der Waals surface area contributed by atoms with Crippen LogP contribution in [0.3, 0.4) is 0 Å². The Morgan fingerprint density at radius 1 is 1.33 bits per heavy atom. The van der Waals surface area contributed by atoms with Gasteiger partial charge in [0.2, 0.25) is 0 Å². The van der Waals surface area contributed by atoms with Crippen molar-refractivity contribution in [2.24, 2.45) is 0 Å². The molecule has 2 aromatic rings. The number of allylic oxidation sites excluding steroid dienone is 1. The zero-order valence-corrected chi connectivity index (χ0v) is 17.1. The van der Waals surface area contributed by atoms with Crippen molar-refractivity contribution in [2.45, 2.75) is 46.0 Å². The van der Waals surface area contributed by atoms with Crippen LogP contribution in [0.15, 0.2) is 42.6 Å². The molecule has 6 heteroatoms. The highest BCUT2D eigenvalue weighted by atomic mass is 35.5. The summed E-state index contributed by atoms with van der Waals surface area (Å²) in [7, 11) is 0. The van der Waals surface area contributed by atoms with Gasteiger partial charge in [0.15, 0.2) is 0 Å². The Balaban J connectivity index is 0.000000817. The highest BCUT2D eigenvalue weighted by Crippen LogP contribution is 2.28. The maximum absolute atomic E-state index is 13.3. The van der Waals surface area contributed by atoms with Crippen LogP contribution >= 0.6 is 11.6 Å². The van der Waals surface area contributed by atoms with Crippen LogP contribution in [-0.4, -0.2) is 28.0 Å². The third-order valence-corrected chi connectivity index (χ3v) is 4.33. The molecule has 1 aliphatic heterocycles. The zero-order chi connectivity index (χ0) is 19.8. The number of hydrogen-bond donors (Lipinski definition) is 1. The van der Waals surface area contributed by atoms with E-state index in [1.54, 1.807) is 18.2 Å². The molecule has 1 saturated heterocycles. The predicted octanol–water partition coefficient (Wildman–Crippen LogP) is 6.14. The van der Waals surface area contributed by atoms with E-state index in [2.05, 4.69) is 40.6 Å². The van der Waals surface area contributed by atoms with Crippen molar-refractivity contribution in [2.75, 3.05) is 18.4 Å². The van der Waals surface area contributed by atoms with E-state index in [4.69, 9.17) is 11.6 Å². The first-order valence-corrected chi connectivity index (χ1v) is 9.78. The first kappa shape index (κ1) is 21.2. The van der Waals surface area contributed by atoms with Crippen molar-refractivity contribution in [3.05, 3.63) is 59.4 Å². The quantitative estimate of drug-likeness (QED) is 0.636. The lowest BCUT2D eigenvalue weighted by molar-refractivity contribution is 0.255. The normalized spacial score (nSPS) is 16.3. The first-order valence-electron chi connectivity index (χ1n) is 9.40. The van der Waals surface area contributed by atoms with Gasteiger partial charge in [0.05, 0.1) is 0 Å². The summed E-state index contributed by atoms with van der Waals surface area (Å²) < 4.78 is 13.3. The summed E-state index contributed by atoms with van der Waals surface area (Å²) >= 11 is 6.17. The number of halogens is 2. The third-order valence-electron chi connectivity index (χ3n) is 4.14. The van der Waals surface area contributed by atoms with E-state index < -0.39 is 0 Å². The molecule has 0 spiro atoms. The van der Waals surface area contributed by atoms with E-state index in [-0.39, 0.29) is 11.7 Å². The molecule has 0 saturated carbocycles. The Kier molecular flexibility index (Phi) is 8.04. The van der Waals surface area contributed by atoms with Crippen LogP contribution in [-0.2, 0) is 0 Å². The van der Waals surface area contributed by atoms with E-state index >= 15 is 0 Å². The van der Waals surface area contributed by atoms with Crippen molar-refractivity contribution >= 4 is 23.1 Å². The van der Waals surface area contributed by atoms with Gasteiger partial charge in [0, 0.05) is 36.5 Å². The molecule has 1 aromatic heterocycles. The predicted molar refractivity (Wildman–Crippen MR) is 111 cm³/mol. The summed E-state index contributed by atoms with van der Waals surface area (Å²) in [5, 5.41) is 3.47. The van der Waals surface area contributed by atoms with Gasteiger partial charge in [0.25, 0.3) is 0 Å². The highest BCUT2D eigenvalue weighted by molar-refractivity contribution is 6.29.